The van der Waals surface area contributed by atoms with Crippen LogP contribution in [0.5, 0.6) is 0 Å². The van der Waals surface area contributed by atoms with Crippen LogP contribution in [0.25, 0.3) is 5.69 Å². The SMILES string of the molecule is Cc1cnc2n1-c1ccc(F)cc1C(c1ccccc1F)=NC2O. The molecule has 1 aromatic heterocycles. The molecule has 1 aliphatic rings. The average molecular weight is 325 g/mol. The molecule has 1 atom stereocenters. The number of nitrogens with zero attached hydrogens (tertiary/aromatic N) is 3. The lowest BCUT2D eigenvalue weighted by Crippen LogP contribution is -2.10. The number of aliphatic hydroxyl groups excluding tert-OH is 1. The van der Waals surface area contributed by atoms with E-state index in [1.54, 1.807) is 35.0 Å². The molecule has 1 unspecified atom stereocenters. The van der Waals surface area contributed by atoms with Crippen LogP contribution in [0.2, 0.25) is 0 Å². The number of rotatable bonds is 1. The molecule has 0 saturated carbocycles. The van der Waals surface area contributed by atoms with E-state index in [1.165, 1.54) is 18.2 Å². The van der Waals surface area contributed by atoms with E-state index < -0.39 is 17.9 Å². The minimum absolute atomic E-state index is 0.194. The summed E-state index contributed by atoms with van der Waals surface area (Å²) in [5, 5.41) is 10.4. The first-order valence-corrected chi connectivity index (χ1v) is 7.41. The highest BCUT2D eigenvalue weighted by atomic mass is 19.1. The second-order valence-corrected chi connectivity index (χ2v) is 5.59. The molecular formula is C18H13F2N3O. The standard InChI is InChI=1S/C18H13F2N3O/c1-10-9-21-17-18(24)22-16(12-4-2-3-5-14(12)20)13-8-11(19)6-7-15(13)23(10)17/h2-9,18,24H,1H3. The minimum Gasteiger partial charge on any atom is -0.365 e. The molecule has 2 heterocycles. The fourth-order valence-corrected chi connectivity index (χ4v) is 2.96. The van der Waals surface area contributed by atoms with Crippen molar-refractivity contribution < 1.29 is 13.9 Å². The number of aryl methyl sites for hydroxylation is 1. The Kier molecular flexibility index (Phi) is 3.28. The molecule has 1 N–H and O–H groups in total. The number of hydrogen-bond acceptors (Lipinski definition) is 3. The second-order valence-electron chi connectivity index (χ2n) is 5.59. The van der Waals surface area contributed by atoms with E-state index in [-0.39, 0.29) is 11.3 Å². The number of aliphatic imine (C=N–C) groups is 1. The Bertz CT molecular complexity index is 978. The van der Waals surface area contributed by atoms with E-state index in [9.17, 15) is 13.9 Å². The molecule has 24 heavy (non-hydrogen) atoms. The molecule has 4 nitrogen and oxygen atoms in total. The minimum atomic E-state index is -1.27. The van der Waals surface area contributed by atoms with Crippen LogP contribution in [0.3, 0.4) is 0 Å². The van der Waals surface area contributed by atoms with Crippen LogP contribution in [-0.4, -0.2) is 20.4 Å². The smallest absolute Gasteiger partial charge is 0.205 e. The van der Waals surface area contributed by atoms with Crippen molar-refractivity contribution in [3.63, 3.8) is 0 Å². The molecule has 0 fully saturated rings. The highest BCUT2D eigenvalue weighted by Gasteiger charge is 2.27. The van der Waals surface area contributed by atoms with E-state index in [2.05, 4.69) is 9.98 Å². The fraction of sp³-hybridized carbons (Fsp3) is 0.111. The molecule has 0 saturated heterocycles. The van der Waals surface area contributed by atoms with Crippen LogP contribution in [-0.2, 0) is 0 Å². The first-order valence-electron chi connectivity index (χ1n) is 7.41. The van der Waals surface area contributed by atoms with Crippen LogP contribution in [0.4, 0.5) is 8.78 Å². The van der Waals surface area contributed by atoms with Gasteiger partial charge in [-0.25, -0.2) is 18.8 Å². The molecule has 120 valence electrons. The maximum atomic E-state index is 14.3. The van der Waals surface area contributed by atoms with Gasteiger partial charge in [-0.2, -0.15) is 0 Å². The van der Waals surface area contributed by atoms with Gasteiger partial charge in [-0.3, -0.25) is 4.57 Å². The lowest BCUT2D eigenvalue weighted by Gasteiger charge is -2.13. The zero-order chi connectivity index (χ0) is 16.8. The quantitative estimate of drug-likeness (QED) is 0.746. The normalized spacial score (nSPS) is 16.2. The third-order valence-electron chi connectivity index (χ3n) is 4.03. The Labute approximate surface area is 136 Å². The van der Waals surface area contributed by atoms with Crippen LogP contribution < -0.4 is 0 Å². The van der Waals surface area contributed by atoms with Gasteiger partial charge in [0.25, 0.3) is 0 Å². The first-order chi connectivity index (χ1) is 11.6. The number of hydrogen-bond donors (Lipinski definition) is 1. The summed E-state index contributed by atoms with van der Waals surface area (Å²) in [4.78, 5) is 8.41. The van der Waals surface area contributed by atoms with Gasteiger partial charge in [-0.05, 0) is 37.3 Å². The summed E-state index contributed by atoms with van der Waals surface area (Å²) in [5.41, 5.74) is 2.16. The molecule has 0 aliphatic carbocycles. The lowest BCUT2D eigenvalue weighted by atomic mass is 9.99. The maximum absolute atomic E-state index is 14.3. The number of aliphatic hydroxyl groups is 1. The Morgan fingerprint density at radius 3 is 2.67 bits per heavy atom. The predicted molar refractivity (Wildman–Crippen MR) is 85.3 cm³/mol. The van der Waals surface area contributed by atoms with Crippen molar-refractivity contribution in [2.45, 2.75) is 13.2 Å². The van der Waals surface area contributed by atoms with E-state index in [0.29, 0.717) is 17.1 Å². The number of fused-ring (bicyclic) bond motifs is 3. The highest BCUT2D eigenvalue weighted by molar-refractivity contribution is 6.15. The van der Waals surface area contributed by atoms with E-state index in [4.69, 9.17) is 0 Å². The van der Waals surface area contributed by atoms with Crippen molar-refractivity contribution in [1.29, 1.82) is 0 Å². The number of imidazole rings is 1. The van der Waals surface area contributed by atoms with Gasteiger partial charge in [-0.1, -0.05) is 12.1 Å². The summed E-state index contributed by atoms with van der Waals surface area (Å²) in [7, 11) is 0. The van der Waals surface area contributed by atoms with Gasteiger partial charge in [0.15, 0.2) is 5.82 Å². The van der Waals surface area contributed by atoms with Gasteiger partial charge in [0.2, 0.25) is 6.23 Å². The molecule has 1 aliphatic heterocycles. The van der Waals surface area contributed by atoms with Crippen LogP contribution >= 0.6 is 0 Å². The summed E-state index contributed by atoms with van der Waals surface area (Å²) in [6.07, 6.45) is 0.332. The number of aromatic nitrogens is 2. The maximum Gasteiger partial charge on any atom is 0.205 e. The fourth-order valence-electron chi connectivity index (χ4n) is 2.96. The van der Waals surface area contributed by atoms with Crippen molar-refractivity contribution in [3.8, 4) is 5.69 Å². The Morgan fingerprint density at radius 2 is 1.88 bits per heavy atom. The molecule has 0 amide bonds. The van der Waals surface area contributed by atoms with Crippen molar-refractivity contribution in [3.05, 3.63) is 82.9 Å². The topological polar surface area (TPSA) is 50.4 Å². The van der Waals surface area contributed by atoms with Crippen molar-refractivity contribution in [1.82, 2.24) is 9.55 Å². The van der Waals surface area contributed by atoms with Gasteiger partial charge >= 0.3 is 0 Å². The summed E-state index contributed by atoms with van der Waals surface area (Å²) >= 11 is 0. The molecular weight excluding hydrogens is 312 g/mol. The monoisotopic (exact) mass is 325 g/mol. The molecule has 2 aromatic carbocycles. The molecule has 4 rings (SSSR count). The van der Waals surface area contributed by atoms with Crippen LogP contribution in [0, 0.1) is 18.6 Å². The summed E-state index contributed by atoms with van der Waals surface area (Å²) < 4.78 is 29.9. The molecule has 0 spiro atoms. The highest BCUT2D eigenvalue weighted by Crippen LogP contribution is 2.31. The van der Waals surface area contributed by atoms with Crippen molar-refractivity contribution in [2.75, 3.05) is 0 Å². The second kappa shape index (κ2) is 5.35. The van der Waals surface area contributed by atoms with E-state index >= 15 is 0 Å². The number of halogens is 2. The third-order valence-corrected chi connectivity index (χ3v) is 4.03. The zero-order valence-electron chi connectivity index (χ0n) is 12.7. The number of benzene rings is 2. The van der Waals surface area contributed by atoms with Gasteiger partial charge in [0.1, 0.15) is 11.6 Å². The summed E-state index contributed by atoms with van der Waals surface area (Å²) in [6.45, 7) is 1.82. The summed E-state index contributed by atoms with van der Waals surface area (Å²) in [5.74, 6) is -0.643. The average Bonchev–Trinajstić information content (AvgIpc) is 2.89. The lowest BCUT2D eigenvalue weighted by molar-refractivity contribution is 0.177. The largest absolute Gasteiger partial charge is 0.365 e. The predicted octanol–water partition coefficient (Wildman–Crippen LogP) is 3.30. The first kappa shape index (κ1) is 14.7. The molecule has 6 heteroatoms. The molecule has 0 bridgehead atoms. The summed E-state index contributed by atoms with van der Waals surface area (Å²) in [6, 6.07) is 10.3. The molecule has 3 aromatic rings. The van der Waals surface area contributed by atoms with Gasteiger partial charge in [0.05, 0.1) is 11.4 Å². The van der Waals surface area contributed by atoms with Gasteiger partial charge in [-0.15, -0.1) is 0 Å². The Balaban J connectivity index is 2.07. The van der Waals surface area contributed by atoms with E-state index in [0.717, 1.165) is 5.69 Å². The van der Waals surface area contributed by atoms with Gasteiger partial charge < -0.3 is 5.11 Å². The van der Waals surface area contributed by atoms with Crippen molar-refractivity contribution in [2.24, 2.45) is 4.99 Å². The van der Waals surface area contributed by atoms with E-state index in [1.807, 2.05) is 6.92 Å². The Morgan fingerprint density at radius 1 is 1.08 bits per heavy atom. The Hall–Kier alpha value is -2.86. The third kappa shape index (κ3) is 2.15. The van der Waals surface area contributed by atoms with Crippen LogP contribution in [0.1, 0.15) is 28.9 Å². The molecule has 0 radical (unpaired) electrons. The van der Waals surface area contributed by atoms with Crippen molar-refractivity contribution >= 4 is 5.71 Å². The zero-order valence-corrected chi connectivity index (χ0v) is 12.7. The van der Waals surface area contributed by atoms with Gasteiger partial charge in [0, 0.05) is 23.0 Å². The van der Waals surface area contributed by atoms with Crippen LogP contribution in [0.15, 0.2) is 53.7 Å².